The third-order valence-electron chi connectivity index (χ3n) is 5.08. The molecular formula is C24H32N2O5S. The van der Waals surface area contributed by atoms with E-state index in [-0.39, 0.29) is 11.3 Å². The van der Waals surface area contributed by atoms with Gasteiger partial charge in [0.1, 0.15) is 28.1 Å². The second kappa shape index (κ2) is 10.4. The molecule has 2 aromatic rings. The predicted octanol–water partition coefficient (Wildman–Crippen LogP) is 3.99. The molecule has 1 amide bonds. The number of nitrogens with zero attached hydrogens (tertiary/aromatic N) is 2. The van der Waals surface area contributed by atoms with E-state index in [9.17, 15) is 9.00 Å². The molecule has 174 valence electrons. The number of rotatable bonds is 8. The van der Waals surface area contributed by atoms with Gasteiger partial charge in [-0.25, -0.2) is 13.3 Å². The topological polar surface area (TPSA) is 68.3 Å². The highest BCUT2D eigenvalue weighted by molar-refractivity contribution is 7.83. The van der Waals surface area contributed by atoms with Crippen molar-refractivity contribution in [3.63, 3.8) is 0 Å². The average molecular weight is 461 g/mol. The molecule has 1 atom stereocenters. The first-order valence-electron chi connectivity index (χ1n) is 10.6. The fraction of sp³-hybridized carbons (Fsp3) is 0.458. The van der Waals surface area contributed by atoms with Crippen LogP contribution in [0, 0.1) is 0 Å². The van der Waals surface area contributed by atoms with Crippen molar-refractivity contribution in [2.75, 3.05) is 27.3 Å². The molecule has 0 spiro atoms. The van der Waals surface area contributed by atoms with E-state index >= 15 is 0 Å². The maximum Gasteiger partial charge on any atom is 0.410 e. The second-order valence-electron chi connectivity index (χ2n) is 8.78. The van der Waals surface area contributed by atoms with Gasteiger partial charge in [0.2, 0.25) is 0 Å². The SMILES string of the molecule is COc1ccc(CN(Cc2ccc(OC)cc2)S(=O)C2CN(C(=O)OC(C)(C)C)C2)cc1. The summed E-state index contributed by atoms with van der Waals surface area (Å²) in [5, 5.41) is -0.126. The van der Waals surface area contributed by atoms with E-state index in [0.717, 1.165) is 22.6 Å². The summed E-state index contributed by atoms with van der Waals surface area (Å²) >= 11 is 0. The molecular weight excluding hydrogens is 428 g/mol. The lowest BCUT2D eigenvalue weighted by Gasteiger charge is -2.40. The minimum absolute atomic E-state index is 0.126. The maximum absolute atomic E-state index is 13.4. The summed E-state index contributed by atoms with van der Waals surface area (Å²) in [6.07, 6.45) is -0.359. The molecule has 1 saturated heterocycles. The molecule has 1 unspecified atom stereocenters. The van der Waals surface area contributed by atoms with E-state index in [0.29, 0.717) is 26.2 Å². The summed E-state index contributed by atoms with van der Waals surface area (Å²) in [6, 6.07) is 15.5. The fourth-order valence-corrected chi connectivity index (χ4v) is 4.89. The maximum atomic E-state index is 13.4. The van der Waals surface area contributed by atoms with Crippen molar-refractivity contribution in [1.82, 2.24) is 9.21 Å². The third-order valence-corrected chi connectivity index (χ3v) is 6.71. The van der Waals surface area contributed by atoms with Gasteiger partial charge in [-0.1, -0.05) is 24.3 Å². The molecule has 0 bridgehead atoms. The minimum Gasteiger partial charge on any atom is -0.497 e. The molecule has 7 nitrogen and oxygen atoms in total. The zero-order valence-electron chi connectivity index (χ0n) is 19.4. The Morgan fingerprint density at radius 2 is 1.38 bits per heavy atom. The Morgan fingerprint density at radius 1 is 0.938 bits per heavy atom. The van der Waals surface area contributed by atoms with E-state index in [4.69, 9.17) is 14.2 Å². The second-order valence-corrected chi connectivity index (χ2v) is 10.5. The van der Waals surface area contributed by atoms with E-state index in [1.807, 2.05) is 73.6 Å². The molecule has 1 heterocycles. The van der Waals surface area contributed by atoms with Crippen LogP contribution in [0.3, 0.4) is 0 Å². The Balaban J connectivity index is 1.69. The molecule has 1 aliphatic rings. The smallest absolute Gasteiger partial charge is 0.410 e. The number of hydrogen-bond donors (Lipinski definition) is 0. The lowest BCUT2D eigenvalue weighted by atomic mass is 10.2. The zero-order valence-corrected chi connectivity index (χ0v) is 20.2. The molecule has 0 N–H and O–H groups in total. The molecule has 0 aliphatic carbocycles. The van der Waals surface area contributed by atoms with Crippen LogP contribution in [0.25, 0.3) is 0 Å². The molecule has 1 aliphatic heterocycles. The van der Waals surface area contributed by atoms with Crippen molar-refractivity contribution in [3.05, 3.63) is 59.7 Å². The summed E-state index contributed by atoms with van der Waals surface area (Å²) in [7, 11) is 1.99. The first kappa shape index (κ1) is 24.1. The molecule has 0 saturated carbocycles. The Morgan fingerprint density at radius 3 is 1.75 bits per heavy atom. The molecule has 0 radical (unpaired) electrons. The quantitative estimate of drug-likeness (QED) is 0.596. The zero-order chi connectivity index (χ0) is 23.3. The number of likely N-dealkylation sites (tertiary alicyclic amines) is 1. The van der Waals surface area contributed by atoms with Gasteiger partial charge in [0.05, 0.1) is 19.5 Å². The van der Waals surface area contributed by atoms with Gasteiger partial charge in [0.15, 0.2) is 0 Å². The van der Waals surface area contributed by atoms with Gasteiger partial charge in [0, 0.05) is 26.2 Å². The van der Waals surface area contributed by atoms with Gasteiger partial charge < -0.3 is 19.1 Å². The standard InChI is InChI=1S/C24H32N2O5S/c1-24(2,3)31-23(27)25-16-22(17-25)32(28)26(14-18-6-10-20(29-4)11-7-18)15-19-8-12-21(30-5)13-9-19/h6-13,22H,14-17H2,1-5H3. The van der Waals surface area contributed by atoms with Crippen LogP contribution in [0.2, 0.25) is 0 Å². The van der Waals surface area contributed by atoms with Crippen LogP contribution in [-0.4, -0.2) is 57.7 Å². The van der Waals surface area contributed by atoms with Crippen molar-refractivity contribution in [1.29, 1.82) is 0 Å². The normalized spacial score (nSPS) is 15.2. The number of methoxy groups -OCH3 is 2. The Hall–Kier alpha value is -2.58. The van der Waals surface area contributed by atoms with Gasteiger partial charge in [-0.2, -0.15) is 0 Å². The van der Waals surface area contributed by atoms with Crippen LogP contribution in [0.15, 0.2) is 48.5 Å². The van der Waals surface area contributed by atoms with Crippen LogP contribution >= 0.6 is 0 Å². The van der Waals surface area contributed by atoms with E-state index in [1.165, 1.54) is 0 Å². The van der Waals surface area contributed by atoms with E-state index in [2.05, 4.69) is 0 Å². The Kier molecular flexibility index (Phi) is 7.79. The van der Waals surface area contributed by atoms with E-state index in [1.54, 1.807) is 19.1 Å². The number of amides is 1. The van der Waals surface area contributed by atoms with Crippen LogP contribution < -0.4 is 9.47 Å². The third kappa shape index (κ3) is 6.46. The highest BCUT2D eigenvalue weighted by Gasteiger charge is 2.39. The summed E-state index contributed by atoms with van der Waals surface area (Å²) in [5.41, 5.74) is 1.53. The number of benzene rings is 2. The lowest BCUT2D eigenvalue weighted by molar-refractivity contribution is 0.0138. The van der Waals surface area contributed by atoms with Crippen molar-refractivity contribution in [2.24, 2.45) is 0 Å². The van der Waals surface area contributed by atoms with Crippen LogP contribution in [0.1, 0.15) is 31.9 Å². The largest absolute Gasteiger partial charge is 0.497 e. The first-order valence-corrected chi connectivity index (χ1v) is 11.7. The van der Waals surface area contributed by atoms with Crippen LogP contribution in [0.5, 0.6) is 11.5 Å². The van der Waals surface area contributed by atoms with Crippen molar-refractivity contribution < 1.29 is 23.2 Å². The van der Waals surface area contributed by atoms with Crippen LogP contribution in [-0.2, 0) is 28.8 Å². The predicted molar refractivity (Wildman–Crippen MR) is 125 cm³/mol. The molecule has 3 rings (SSSR count). The molecule has 1 fully saturated rings. The molecule has 32 heavy (non-hydrogen) atoms. The van der Waals surface area contributed by atoms with Crippen LogP contribution in [0.4, 0.5) is 4.79 Å². The van der Waals surface area contributed by atoms with Crippen molar-refractivity contribution in [2.45, 2.75) is 44.7 Å². The van der Waals surface area contributed by atoms with Crippen molar-refractivity contribution in [3.8, 4) is 11.5 Å². The lowest BCUT2D eigenvalue weighted by Crippen LogP contribution is -2.58. The van der Waals surface area contributed by atoms with E-state index < -0.39 is 16.6 Å². The fourth-order valence-electron chi connectivity index (χ4n) is 3.30. The summed E-state index contributed by atoms with van der Waals surface area (Å²) in [6.45, 7) is 7.40. The molecule has 2 aromatic carbocycles. The minimum atomic E-state index is -1.27. The highest BCUT2D eigenvalue weighted by Crippen LogP contribution is 2.24. The average Bonchev–Trinajstić information content (AvgIpc) is 2.72. The summed E-state index contributed by atoms with van der Waals surface area (Å²) < 4.78 is 31.3. The molecule has 8 heteroatoms. The Bertz CT molecular complexity index is 869. The molecule has 0 aromatic heterocycles. The highest BCUT2D eigenvalue weighted by atomic mass is 32.2. The monoisotopic (exact) mass is 460 g/mol. The van der Waals surface area contributed by atoms with Gasteiger partial charge in [0.25, 0.3) is 0 Å². The number of hydrogen-bond acceptors (Lipinski definition) is 5. The van der Waals surface area contributed by atoms with Gasteiger partial charge >= 0.3 is 6.09 Å². The number of carbonyl (C=O) groups is 1. The van der Waals surface area contributed by atoms with Gasteiger partial charge in [-0.05, 0) is 56.2 Å². The summed E-state index contributed by atoms with van der Waals surface area (Å²) in [4.78, 5) is 13.9. The Labute approximate surface area is 192 Å². The number of ether oxygens (including phenoxy) is 3. The van der Waals surface area contributed by atoms with Crippen molar-refractivity contribution >= 4 is 17.1 Å². The van der Waals surface area contributed by atoms with Gasteiger partial charge in [-0.15, -0.1) is 0 Å². The van der Waals surface area contributed by atoms with Gasteiger partial charge in [-0.3, -0.25) is 0 Å². The first-order chi connectivity index (χ1) is 15.2. The summed E-state index contributed by atoms with van der Waals surface area (Å²) in [5.74, 6) is 1.56. The number of carbonyl (C=O) groups excluding carboxylic acids is 1.